The quantitative estimate of drug-likeness (QED) is 0.506. The summed E-state index contributed by atoms with van der Waals surface area (Å²) in [6.45, 7) is 0. The van der Waals surface area contributed by atoms with Crippen LogP contribution >= 0.6 is 0 Å². The van der Waals surface area contributed by atoms with Gasteiger partial charge in [0.1, 0.15) is 5.82 Å². The van der Waals surface area contributed by atoms with E-state index in [1.807, 2.05) is 0 Å². The van der Waals surface area contributed by atoms with E-state index < -0.39 is 23.3 Å². The van der Waals surface area contributed by atoms with Crippen LogP contribution in [0.5, 0.6) is 0 Å². The summed E-state index contributed by atoms with van der Waals surface area (Å²) in [5, 5.41) is 11.9. The van der Waals surface area contributed by atoms with E-state index in [1.54, 1.807) is 6.07 Å². The van der Waals surface area contributed by atoms with Crippen LogP contribution in [0.25, 0.3) is 11.0 Å². The number of hydrogen-bond donors (Lipinski definition) is 2. The van der Waals surface area contributed by atoms with Crippen molar-refractivity contribution in [3.63, 3.8) is 0 Å². The van der Waals surface area contributed by atoms with E-state index in [0.29, 0.717) is 11.0 Å². The molecule has 0 aliphatic carbocycles. The first-order chi connectivity index (χ1) is 14.5. The number of anilines is 1. The van der Waals surface area contributed by atoms with Gasteiger partial charge in [0.05, 0.1) is 33.4 Å². The lowest BCUT2D eigenvalue weighted by Crippen LogP contribution is -2.46. The van der Waals surface area contributed by atoms with E-state index in [4.69, 9.17) is 6.42 Å². The summed E-state index contributed by atoms with van der Waals surface area (Å²) >= 11 is 0. The first kappa shape index (κ1) is 18.0. The number of carbonyl (C=O) groups is 1. The number of nitrogens with one attached hydrogen (secondary N) is 1. The van der Waals surface area contributed by atoms with Crippen molar-refractivity contribution in [2.75, 3.05) is 4.90 Å². The number of fused-ring (bicyclic) bond motifs is 2. The highest BCUT2D eigenvalue weighted by Crippen LogP contribution is 2.47. The van der Waals surface area contributed by atoms with Gasteiger partial charge in [0.2, 0.25) is 5.72 Å². The number of halogens is 2. The lowest BCUT2D eigenvalue weighted by Gasteiger charge is -2.35. The summed E-state index contributed by atoms with van der Waals surface area (Å²) < 4.78 is 30.1. The highest BCUT2D eigenvalue weighted by molar-refractivity contribution is 6.12. The minimum atomic E-state index is -2.32. The van der Waals surface area contributed by atoms with Gasteiger partial charge in [-0.05, 0) is 36.4 Å². The molecule has 4 aromatic rings. The second-order valence-electron chi connectivity index (χ2n) is 6.84. The van der Waals surface area contributed by atoms with Crippen molar-refractivity contribution in [1.82, 2.24) is 9.97 Å². The molecule has 1 amide bonds. The monoisotopic (exact) mass is 400 g/mol. The van der Waals surface area contributed by atoms with Gasteiger partial charge in [-0.15, -0.1) is 6.42 Å². The molecule has 1 aliphatic heterocycles. The number of rotatable bonds is 2. The number of aromatic nitrogens is 2. The highest BCUT2D eigenvalue weighted by atomic mass is 19.1. The molecule has 0 bridgehead atoms. The Morgan fingerprint density at radius 1 is 1.17 bits per heavy atom. The van der Waals surface area contributed by atoms with E-state index in [2.05, 4.69) is 22.2 Å². The summed E-state index contributed by atoms with van der Waals surface area (Å²) in [7, 11) is 0. The van der Waals surface area contributed by atoms with Gasteiger partial charge >= 0.3 is 0 Å². The lowest BCUT2D eigenvalue weighted by atomic mass is 9.92. The van der Waals surface area contributed by atoms with Crippen molar-refractivity contribution in [2.24, 2.45) is 0 Å². The average Bonchev–Trinajstić information content (AvgIpc) is 3.30. The number of hydrogen-bond acceptors (Lipinski definition) is 3. The molecule has 1 radical (unpaired) electrons. The predicted molar refractivity (Wildman–Crippen MR) is 105 cm³/mol. The third-order valence-corrected chi connectivity index (χ3v) is 5.26. The van der Waals surface area contributed by atoms with Gasteiger partial charge in [-0.3, -0.25) is 9.69 Å². The van der Waals surface area contributed by atoms with Crippen LogP contribution in [0.15, 0.2) is 54.6 Å². The van der Waals surface area contributed by atoms with Crippen molar-refractivity contribution in [3.05, 3.63) is 94.8 Å². The maximum absolute atomic E-state index is 15.1. The Labute approximate surface area is 169 Å². The molecule has 5 rings (SSSR count). The number of aliphatic hydroxyl groups is 1. The number of benzene rings is 3. The van der Waals surface area contributed by atoms with Crippen molar-refractivity contribution in [2.45, 2.75) is 5.72 Å². The Morgan fingerprint density at radius 2 is 1.97 bits per heavy atom. The molecule has 2 N–H and O–H groups in total. The lowest BCUT2D eigenvalue weighted by molar-refractivity contribution is 0.0681. The fourth-order valence-electron chi connectivity index (χ4n) is 3.89. The highest BCUT2D eigenvalue weighted by Gasteiger charge is 2.53. The molecule has 0 saturated carbocycles. The first-order valence-corrected chi connectivity index (χ1v) is 8.94. The van der Waals surface area contributed by atoms with E-state index in [9.17, 15) is 14.3 Å². The maximum atomic E-state index is 15.1. The smallest absolute Gasteiger partial charge is 0.261 e. The zero-order valence-corrected chi connectivity index (χ0v) is 15.3. The molecule has 7 heteroatoms. The molecule has 0 fully saturated rings. The topological polar surface area (TPSA) is 69.2 Å². The second kappa shape index (κ2) is 6.24. The first-order valence-electron chi connectivity index (χ1n) is 8.94. The molecule has 5 nitrogen and oxygen atoms in total. The van der Waals surface area contributed by atoms with Crippen LogP contribution in [0.4, 0.5) is 14.5 Å². The van der Waals surface area contributed by atoms with Crippen molar-refractivity contribution >= 4 is 22.6 Å². The number of amides is 1. The van der Waals surface area contributed by atoms with Gasteiger partial charge in [0.25, 0.3) is 5.91 Å². The zero-order chi connectivity index (χ0) is 21.0. The fraction of sp³-hybridized carbons (Fsp3) is 0.0435. The molecule has 0 spiro atoms. The van der Waals surface area contributed by atoms with Crippen LogP contribution in [0.3, 0.4) is 0 Å². The third-order valence-electron chi connectivity index (χ3n) is 5.26. The van der Waals surface area contributed by atoms with E-state index in [0.717, 1.165) is 11.0 Å². The summed E-state index contributed by atoms with van der Waals surface area (Å²) in [5.41, 5.74) is -1.80. The summed E-state index contributed by atoms with van der Waals surface area (Å²) in [6.07, 6.45) is 7.94. The number of carbonyl (C=O) groups excluding carboxylic acids is 1. The minimum Gasteiger partial charge on any atom is -0.363 e. The number of aromatic amines is 1. The molecule has 0 saturated heterocycles. The van der Waals surface area contributed by atoms with Gasteiger partial charge in [-0.2, -0.15) is 0 Å². The van der Waals surface area contributed by atoms with Crippen molar-refractivity contribution < 1.29 is 18.7 Å². The van der Waals surface area contributed by atoms with Gasteiger partial charge in [-0.1, -0.05) is 24.1 Å². The molecule has 3 aromatic carbocycles. The molecular formula is C23H12F2N3O2. The van der Waals surface area contributed by atoms with E-state index >= 15 is 4.39 Å². The molecule has 145 valence electrons. The Hall–Kier alpha value is -4.02. The Kier molecular flexibility index (Phi) is 3.75. The summed E-state index contributed by atoms with van der Waals surface area (Å²) in [6, 6.07) is 12.6. The normalized spacial score (nSPS) is 17.9. The summed E-state index contributed by atoms with van der Waals surface area (Å²) in [5.74, 6) is -0.213. The molecule has 1 unspecified atom stereocenters. The molecule has 2 heterocycles. The van der Waals surface area contributed by atoms with Gasteiger partial charge in [0, 0.05) is 5.56 Å². The summed E-state index contributed by atoms with van der Waals surface area (Å²) in [4.78, 5) is 20.9. The Morgan fingerprint density at radius 3 is 2.77 bits per heavy atom. The number of H-pyrrole nitrogens is 1. The number of terminal acetylenes is 1. The van der Waals surface area contributed by atoms with E-state index in [-0.39, 0.29) is 27.9 Å². The molecular weight excluding hydrogens is 388 g/mol. The molecule has 30 heavy (non-hydrogen) atoms. The SMILES string of the molecule is C#Cc1cccc(N2C(=O)c3cccc(F)c3C2(O)c2ccc3[nH][c]nc3c2)c1F. The molecule has 1 aliphatic rings. The molecule has 1 atom stereocenters. The fourth-order valence-corrected chi connectivity index (χ4v) is 3.89. The van der Waals surface area contributed by atoms with Gasteiger partial charge in [0.15, 0.2) is 12.1 Å². The maximum Gasteiger partial charge on any atom is 0.261 e. The van der Waals surface area contributed by atoms with Crippen molar-refractivity contribution in [1.29, 1.82) is 0 Å². The minimum absolute atomic E-state index is 0.0725. The Bertz CT molecular complexity index is 1390. The van der Waals surface area contributed by atoms with Crippen molar-refractivity contribution in [3.8, 4) is 12.3 Å². The van der Waals surface area contributed by atoms with Gasteiger partial charge < -0.3 is 10.1 Å². The van der Waals surface area contributed by atoms with Crippen LogP contribution < -0.4 is 4.90 Å². The number of imidazole rings is 1. The average molecular weight is 400 g/mol. The second-order valence-corrected chi connectivity index (χ2v) is 6.84. The third kappa shape index (κ3) is 2.25. The zero-order valence-electron chi connectivity index (χ0n) is 15.3. The van der Waals surface area contributed by atoms with Crippen LogP contribution in [0, 0.1) is 30.3 Å². The Balaban J connectivity index is 1.85. The van der Waals surface area contributed by atoms with Crippen LogP contribution in [0.2, 0.25) is 0 Å². The largest absolute Gasteiger partial charge is 0.363 e. The predicted octanol–water partition coefficient (Wildman–Crippen LogP) is 3.48. The standard InChI is InChI=1S/C23H12F2N3O2/c1-2-13-5-3-8-19(21(13)25)28-22(29)15-6-4-7-16(24)20(15)23(28,30)14-9-10-17-18(11-14)27-12-26-17/h1,3-11,30H,(H,26,27). The van der Waals surface area contributed by atoms with Crippen LogP contribution in [0.1, 0.15) is 27.0 Å². The molecule has 1 aromatic heterocycles. The van der Waals surface area contributed by atoms with Crippen LogP contribution in [-0.4, -0.2) is 21.0 Å². The van der Waals surface area contributed by atoms with E-state index in [1.165, 1.54) is 42.5 Å². The number of nitrogens with zero attached hydrogens (tertiary/aromatic N) is 2. The van der Waals surface area contributed by atoms with Crippen LogP contribution in [-0.2, 0) is 5.72 Å². The van der Waals surface area contributed by atoms with Gasteiger partial charge in [-0.25, -0.2) is 13.8 Å².